The number of carbonyl (C=O) groups excluding carboxylic acids is 1. The van der Waals surface area contributed by atoms with Gasteiger partial charge < -0.3 is 10.6 Å². The monoisotopic (exact) mass is 300 g/mol. The lowest BCUT2D eigenvalue weighted by atomic mass is 10.1. The minimum atomic E-state index is -4.87. The van der Waals surface area contributed by atoms with E-state index in [9.17, 15) is 18.0 Å². The summed E-state index contributed by atoms with van der Waals surface area (Å²) in [6.07, 6.45) is -1.40. The molecule has 0 aliphatic heterocycles. The topological polar surface area (TPSA) is 41.1 Å². The molecular weight excluding hydrogens is 281 g/mol. The molecule has 3 nitrogen and oxygen atoms in total. The van der Waals surface area contributed by atoms with Gasteiger partial charge in [-0.3, -0.25) is 4.79 Å². The van der Waals surface area contributed by atoms with E-state index in [4.69, 9.17) is 0 Å². The van der Waals surface area contributed by atoms with Crippen LogP contribution < -0.4 is 10.6 Å². The number of halogens is 3. The molecule has 1 aromatic rings. The zero-order valence-electron chi connectivity index (χ0n) is 11.8. The highest BCUT2D eigenvalue weighted by molar-refractivity contribution is 5.94. The number of benzene rings is 1. The molecule has 0 spiro atoms. The molecule has 0 bridgehead atoms. The van der Waals surface area contributed by atoms with Crippen molar-refractivity contribution in [1.82, 2.24) is 5.32 Å². The second kappa shape index (κ2) is 6.47. The van der Waals surface area contributed by atoms with Gasteiger partial charge in [-0.2, -0.15) is 13.2 Å². The molecule has 2 atom stereocenters. The smallest absolute Gasteiger partial charge is 0.318 e. The summed E-state index contributed by atoms with van der Waals surface area (Å²) in [7, 11) is 0. The Morgan fingerprint density at radius 1 is 1.33 bits per heavy atom. The Balaban J connectivity index is 1.90. The van der Waals surface area contributed by atoms with Crippen molar-refractivity contribution >= 4 is 11.6 Å². The molecule has 116 valence electrons. The highest BCUT2D eigenvalue weighted by atomic mass is 19.4. The molecule has 1 amide bonds. The summed E-state index contributed by atoms with van der Waals surface area (Å²) in [5.41, 5.74) is 1.02. The van der Waals surface area contributed by atoms with Crippen LogP contribution in [0.5, 0.6) is 0 Å². The fourth-order valence-electron chi connectivity index (χ4n) is 2.62. The maximum Gasteiger partial charge on any atom is 0.471 e. The van der Waals surface area contributed by atoms with Crippen LogP contribution in [0.1, 0.15) is 31.7 Å². The van der Waals surface area contributed by atoms with Gasteiger partial charge in [0.15, 0.2) is 0 Å². The Bertz CT molecular complexity index is 502. The third kappa shape index (κ3) is 4.74. The summed E-state index contributed by atoms with van der Waals surface area (Å²) in [5.74, 6) is -1.22. The summed E-state index contributed by atoms with van der Waals surface area (Å²) >= 11 is 0. The van der Waals surface area contributed by atoms with Crippen molar-refractivity contribution in [2.75, 3.05) is 5.32 Å². The fourth-order valence-corrected chi connectivity index (χ4v) is 2.62. The second-order valence-electron chi connectivity index (χ2n) is 5.65. The van der Waals surface area contributed by atoms with E-state index in [1.54, 1.807) is 12.1 Å². The number of hydrogen-bond acceptors (Lipinski definition) is 2. The van der Waals surface area contributed by atoms with Crippen LogP contribution in [0.15, 0.2) is 24.3 Å². The Morgan fingerprint density at radius 2 is 2.10 bits per heavy atom. The number of hydrogen-bond donors (Lipinski definition) is 2. The van der Waals surface area contributed by atoms with Crippen LogP contribution in [0.4, 0.5) is 18.9 Å². The molecule has 2 N–H and O–H groups in total. The van der Waals surface area contributed by atoms with E-state index in [0.29, 0.717) is 12.6 Å². The van der Waals surface area contributed by atoms with Gasteiger partial charge in [0.1, 0.15) is 0 Å². The van der Waals surface area contributed by atoms with Crippen LogP contribution in [0.25, 0.3) is 0 Å². The number of alkyl halides is 3. The first-order chi connectivity index (χ1) is 9.84. The van der Waals surface area contributed by atoms with Crippen molar-refractivity contribution in [3.8, 4) is 0 Å². The first kappa shape index (κ1) is 15.8. The molecule has 6 heteroatoms. The summed E-state index contributed by atoms with van der Waals surface area (Å²) in [6, 6.07) is 6.95. The van der Waals surface area contributed by atoms with E-state index < -0.39 is 12.1 Å². The first-order valence-electron chi connectivity index (χ1n) is 7.05. The normalized spacial score (nSPS) is 22.3. The number of rotatable bonds is 4. The van der Waals surface area contributed by atoms with Crippen molar-refractivity contribution in [2.24, 2.45) is 5.92 Å². The van der Waals surface area contributed by atoms with Gasteiger partial charge in [0.25, 0.3) is 0 Å². The SMILES string of the molecule is CC1CCC(NCc2cccc(NC(=O)C(F)(F)F)c2)C1. The standard InChI is InChI=1S/C15H19F3N2O/c1-10-5-6-12(7-10)19-9-11-3-2-4-13(8-11)20-14(21)15(16,17)18/h2-4,8,10,12,19H,5-7,9H2,1H3,(H,20,21). The Kier molecular flexibility index (Phi) is 4.88. The van der Waals surface area contributed by atoms with Crippen molar-refractivity contribution in [3.63, 3.8) is 0 Å². The fraction of sp³-hybridized carbons (Fsp3) is 0.533. The minimum absolute atomic E-state index is 0.163. The molecule has 2 unspecified atom stereocenters. The van der Waals surface area contributed by atoms with Gasteiger partial charge in [-0.1, -0.05) is 19.1 Å². The molecule has 0 saturated heterocycles. The molecule has 1 aliphatic rings. The van der Waals surface area contributed by atoms with Gasteiger partial charge in [-0.05, 0) is 42.9 Å². The average molecular weight is 300 g/mol. The van der Waals surface area contributed by atoms with Gasteiger partial charge in [-0.25, -0.2) is 0 Å². The summed E-state index contributed by atoms with van der Waals surface area (Å²) < 4.78 is 36.6. The average Bonchev–Trinajstić information content (AvgIpc) is 2.82. The van der Waals surface area contributed by atoms with E-state index in [0.717, 1.165) is 24.3 Å². The molecule has 1 saturated carbocycles. The zero-order chi connectivity index (χ0) is 15.5. The summed E-state index contributed by atoms with van der Waals surface area (Å²) in [5, 5.41) is 5.27. The lowest BCUT2D eigenvalue weighted by Crippen LogP contribution is -2.30. The first-order valence-corrected chi connectivity index (χ1v) is 7.05. The Labute approximate surface area is 121 Å². The summed E-state index contributed by atoms with van der Waals surface area (Å²) in [6.45, 7) is 2.81. The van der Waals surface area contributed by atoms with Crippen molar-refractivity contribution in [2.45, 2.75) is 44.9 Å². The highest BCUT2D eigenvalue weighted by Gasteiger charge is 2.38. The maximum absolute atomic E-state index is 12.2. The Morgan fingerprint density at radius 3 is 2.71 bits per heavy atom. The van der Waals surface area contributed by atoms with Gasteiger partial charge in [0.05, 0.1) is 0 Å². The third-order valence-corrected chi connectivity index (χ3v) is 3.73. The van der Waals surface area contributed by atoms with E-state index >= 15 is 0 Å². The number of anilines is 1. The second-order valence-corrected chi connectivity index (χ2v) is 5.65. The van der Waals surface area contributed by atoms with Crippen LogP contribution in [0, 0.1) is 5.92 Å². The molecule has 0 heterocycles. The predicted molar refractivity (Wildman–Crippen MR) is 74.8 cm³/mol. The van der Waals surface area contributed by atoms with Gasteiger partial charge in [-0.15, -0.1) is 0 Å². The van der Waals surface area contributed by atoms with Crippen molar-refractivity contribution in [3.05, 3.63) is 29.8 Å². The van der Waals surface area contributed by atoms with E-state index in [2.05, 4.69) is 12.2 Å². The van der Waals surface area contributed by atoms with Crippen LogP contribution in [0.2, 0.25) is 0 Å². The molecule has 21 heavy (non-hydrogen) atoms. The van der Waals surface area contributed by atoms with Gasteiger partial charge in [0.2, 0.25) is 0 Å². The van der Waals surface area contributed by atoms with Gasteiger partial charge in [0, 0.05) is 18.3 Å². The van der Waals surface area contributed by atoms with E-state index in [1.807, 2.05) is 11.4 Å². The predicted octanol–water partition coefficient (Wildman–Crippen LogP) is 3.47. The Hall–Kier alpha value is -1.56. The number of carbonyl (C=O) groups is 1. The summed E-state index contributed by atoms with van der Waals surface area (Å²) in [4.78, 5) is 10.9. The van der Waals surface area contributed by atoms with E-state index in [-0.39, 0.29) is 5.69 Å². The molecule has 1 fully saturated rings. The molecule has 1 aliphatic carbocycles. The quantitative estimate of drug-likeness (QED) is 0.894. The third-order valence-electron chi connectivity index (χ3n) is 3.73. The van der Waals surface area contributed by atoms with Crippen LogP contribution in [-0.2, 0) is 11.3 Å². The lowest BCUT2D eigenvalue weighted by Gasteiger charge is -2.13. The largest absolute Gasteiger partial charge is 0.471 e. The van der Waals surface area contributed by atoms with Crippen LogP contribution in [-0.4, -0.2) is 18.1 Å². The van der Waals surface area contributed by atoms with Gasteiger partial charge >= 0.3 is 12.1 Å². The molecule has 2 rings (SSSR count). The van der Waals surface area contributed by atoms with Crippen molar-refractivity contribution in [1.29, 1.82) is 0 Å². The molecule has 0 radical (unpaired) electrons. The van der Waals surface area contributed by atoms with Crippen LogP contribution in [0.3, 0.4) is 0 Å². The molecular formula is C15H19F3N2O. The van der Waals surface area contributed by atoms with Crippen molar-refractivity contribution < 1.29 is 18.0 Å². The lowest BCUT2D eigenvalue weighted by molar-refractivity contribution is -0.167. The zero-order valence-corrected chi connectivity index (χ0v) is 11.8. The highest BCUT2D eigenvalue weighted by Crippen LogP contribution is 2.25. The number of nitrogens with one attached hydrogen (secondary N) is 2. The van der Waals surface area contributed by atoms with E-state index in [1.165, 1.54) is 12.5 Å². The number of amides is 1. The maximum atomic E-state index is 12.2. The molecule has 0 aromatic heterocycles. The van der Waals surface area contributed by atoms with Crippen LogP contribution >= 0.6 is 0 Å². The minimum Gasteiger partial charge on any atom is -0.318 e. The molecule has 1 aromatic carbocycles.